The van der Waals surface area contributed by atoms with Crippen LogP contribution in [0.2, 0.25) is 18.1 Å². The lowest BCUT2D eigenvalue weighted by Gasteiger charge is -2.46. The maximum atomic E-state index is 13.4. The molecule has 0 aromatic heterocycles. The number of nitrogens with zero attached hydrogens (tertiary/aromatic N) is 3. The fraction of sp³-hybridized carbons (Fsp3) is 0.655. The van der Waals surface area contributed by atoms with Gasteiger partial charge in [-0.2, -0.15) is 0 Å². The van der Waals surface area contributed by atoms with Crippen molar-refractivity contribution in [2.75, 3.05) is 20.6 Å². The number of likely N-dealkylation sites (N-methyl/N-ethyl adjacent to an activating group) is 1. The molecule has 0 spiro atoms. The van der Waals surface area contributed by atoms with E-state index in [1.807, 2.05) is 6.92 Å². The molecule has 2 heterocycles. The van der Waals surface area contributed by atoms with Gasteiger partial charge < -0.3 is 19.4 Å². The molecule has 2 saturated heterocycles. The summed E-state index contributed by atoms with van der Waals surface area (Å²) < 4.78 is 11.9. The van der Waals surface area contributed by atoms with Crippen LogP contribution in [-0.2, 0) is 30.2 Å². The van der Waals surface area contributed by atoms with E-state index in [2.05, 4.69) is 39.2 Å². The molecule has 43 heavy (non-hydrogen) atoms. The monoisotopic (exact) mass is 636 g/mol. The molecule has 2 fully saturated rings. The van der Waals surface area contributed by atoms with Gasteiger partial charge in [-0.15, -0.1) is 0 Å². The summed E-state index contributed by atoms with van der Waals surface area (Å²) >= 11 is 1.09. The number of hydrogen-bond acceptors (Lipinski definition) is 9. The zero-order valence-corrected chi connectivity index (χ0v) is 28.2. The van der Waals surface area contributed by atoms with Crippen molar-refractivity contribution in [1.29, 1.82) is 0 Å². The van der Waals surface area contributed by atoms with Crippen molar-refractivity contribution in [2.24, 2.45) is 11.8 Å². The number of non-ortho nitro benzene ring substituents is 1. The third-order valence-corrected chi connectivity index (χ3v) is 14.6. The first kappa shape index (κ1) is 34.5. The van der Waals surface area contributed by atoms with Gasteiger partial charge in [0.1, 0.15) is 12.6 Å². The van der Waals surface area contributed by atoms with Crippen LogP contribution in [0.25, 0.3) is 0 Å². The van der Waals surface area contributed by atoms with E-state index >= 15 is 0 Å². The smallest absolute Gasteiger partial charge is 0.410 e. The van der Waals surface area contributed by atoms with Gasteiger partial charge in [-0.1, -0.05) is 39.5 Å². The van der Waals surface area contributed by atoms with Crippen LogP contribution in [0.15, 0.2) is 24.3 Å². The lowest BCUT2D eigenvalue weighted by atomic mass is 9.79. The number of ether oxygens (including phenoxy) is 1. The molecule has 238 valence electrons. The Labute approximate surface area is 258 Å². The summed E-state index contributed by atoms with van der Waals surface area (Å²) in [6.45, 7) is 14.4. The van der Waals surface area contributed by atoms with Crippen LogP contribution in [0.4, 0.5) is 10.5 Å². The average molecular weight is 637 g/mol. The molecule has 6 atom stereocenters. The Hall–Kier alpha value is -2.97. The molecule has 2 aliphatic heterocycles. The first-order chi connectivity index (χ1) is 19.8. The Morgan fingerprint density at radius 2 is 1.79 bits per heavy atom. The molecule has 2 aliphatic rings. The fourth-order valence-electron chi connectivity index (χ4n) is 5.05. The highest BCUT2D eigenvalue weighted by Crippen LogP contribution is 2.40. The minimum absolute atomic E-state index is 0.0217. The van der Waals surface area contributed by atoms with E-state index in [0.29, 0.717) is 5.56 Å². The van der Waals surface area contributed by atoms with Gasteiger partial charge in [0.2, 0.25) is 11.8 Å². The molecular weight excluding hydrogens is 592 g/mol. The minimum atomic E-state index is -2.13. The van der Waals surface area contributed by atoms with E-state index in [1.165, 1.54) is 34.1 Å². The largest absolute Gasteiger partial charge is 0.445 e. The van der Waals surface area contributed by atoms with Crippen LogP contribution in [0.1, 0.15) is 46.6 Å². The van der Waals surface area contributed by atoms with Crippen molar-refractivity contribution < 1.29 is 33.3 Å². The molecule has 3 amide bonds. The van der Waals surface area contributed by atoms with Gasteiger partial charge in [-0.05, 0) is 49.2 Å². The SMILES string of the molecule is CC(O[Si](C)(C)C(C)(C)C)C1C(=O)NC1[C@@H](C)C(=O)SC1CC(C(=O)N(C)C)N(C(=O)OCc2ccc([N+](=O)[O-])cc2)C1. The Kier molecular flexibility index (Phi) is 10.7. The van der Waals surface area contributed by atoms with E-state index in [1.54, 1.807) is 21.0 Å². The topological polar surface area (TPSA) is 148 Å². The van der Waals surface area contributed by atoms with Gasteiger partial charge in [0, 0.05) is 43.9 Å². The second-order valence-electron chi connectivity index (χ2n) is 13.1. The van der Waals surface area contributed by atoms with Crippen molar-refractivity contribution in [3.63, 3.8) is 0 Å². The number of nitro groups is 1. The molecule has 0 saturated carbocycles. The summed E-state index contributed by atoms with van der Waals surface area (Å²) in [7, 11) is 1.07. The summed E-state index contributed by atoms with van der Waals surface area (Å²) in [5, 5.41) is 13.3. The van der Waals surface area contributed by atoms with Crippen molar-refractivity contribution in [3.05, 3.63) is 39.9 Å². The number of benzene rings is 1. The lowest BCUT2D eigenvalue weighted by molar-refractivity contribution is -0.384. The van der Waals surface area contributed by atoms with E-state index in [9.17, 15) is 29.3 Å². The van der Waals surface area contributed by atoms with Crippen LogP contribution < -0.4 is 5.32 Å². The predicted molar refractivity (Wildman–Crippen MR) is 166 cm³/mol. The second kappa shape index (κ2) is 13.3. The van der Waals surface area contributed by atoms with Crippen molar-refractivity contribution in [3.8, 4) is 0 Å². The van der Waals surface area contributed by atoms with Gasteiger partial charge in [0.15, 0.2) is 13.4 Å². The van der Waals surface area contributed by atoms with Gasteiger partial charge >= 0.3 is 6.09 Å². The Morgan fingerprint density at radius 1 is 1.19 bits per heavy atom. The lowest BCUT2D eigenvalue weighted by Crippen LogP contribution is -2.66. The number of thioether (sulfide) groups is 1. The van der Waals surface area contributed by atoms with Crippen LogP contribution in [0, 0.1) is 22.0 Å². The van der Waals surface area contributed by atoms with Gasteiger partial charge in [0.25, 0.3) is 5.69 Å². The summed E-state index contributed by atoms with van der Waals surface area (Å²) in [5.41, 5.74) is 0.489. The molecular formula is C29H44N4O8SSi. The molecule has 0 aliphatic carbocycles. The molecule has 5 unspecified atom stereocenters. The summed E-state index contributed by atoms with van der Waals surface area (Å²) in [4.78, 5) is 65.1. The molecule has 3 rings (SSSR count). The normalized spacial score (nSPS) is 23.6. The highest BCUT2D eigenvalue weighted by atomic mass is 32.2. The molecule has 14 heteroatoms. The Bertz CT molecular complexity index is 1240. The quantitative estimate of drug-likeness (QED) is 0.173. The molecule has 1 aromatic carbocycles. The highest BCUT2D eigenvalue weighted by Gasteiger charge is 2.51. The van der Waals surface area contributed by atoms with Gasteiger partial charge in [0.05, 0.1) is 23.0 Å². The molecule has 1 N–H and O–H groups in total. The Balaban J connectivity index is 1.64. The van der Waals surface area contributed by atoms with E-state index in [0.717, 1.165) is 11.8 Å². The number of carbonyl (C=O) groups is 4. The first-order valence-electron chi connectivity index (χ1n) is 14.4. The second-order valence-corrected chi connectivity index (χ2v) is 19.2. The third-order valence-electron chi connectivity index (χ3n) is 8.72. The predicted octanol–water partition coefficient (Wildman–Crippen LogP) is 4.18. The fourth-order valence-corrected chi connectivity index (χ4v) is 7.68. The maximum Gasteiger partial charge on any atom is 0.410 e. The van der Waals surface area contributed by atoms with Crippen LogP contribution in [0.5, 0.6) is 0 Å². The number of amides is 3. The summed E-state index contributed by atoms with van der Waals surface area (Å²) in [5.74, 6) is -1.34. The van der Waals surface area contributed by atoms with Crippen LogP contribution >= 0.6 is 11.8 Å². The van der Waals surface area contributed by atoms with Crippen molar-refractivity contribution >= 4 is 48.8 Å². The first-order valence-corrected chi connectivity index (χ1v) is 18.2. The molecule has 0 bridgehead atoms. The van der Waals surface area contributed by atoms with E-state index in [-0.39, 0.29) is 64.6 Å². The molecule has 1 aromatic rings. The summed E-state index contributed by atoms with van der Waals surface area (Å²) in [6, 6.07) is 4.49. The van der Waals surface area contributed by atoms with Crippen molar-refractivity contribution in [1.82, 2.24) is 15.1 Å². The molecule has 12 nitrogen and oxygen atoms in total. The van der Waals surface area contributed by atoms with Gasteiger partial charge in [-0.25, -0.2) is 4.79 Å². The van der Waals surface area contributed by atoms with E-state index in [4.69, 9.17) is 9.16 Å². The number of likely N-dealkylation sites (tertiary alicyclic amines) is 1. The minimum Gasteiger partial charge on any atom is -0.445 e. The van der Waals surface area contributed by atoms with Crippen LogP contribution in [-0.4, -0.2) is 90.1 Å². The number of nitrogens with one attached hydrogen (secondary N) is 1. The molecule has 0 radical (unpaired) electrons. The number of hydrogen-bond donors (Lipinski definition) is 1. The number of carbonyl (C=O) groups excluding carboxylic acids is 4. The summed E-state index contributed by atoms with van der Waals surface area (Å²) in [6.07, 6.45) is -0.766. The Morgan fingerprint density at radius 3 is 2.30 bits per heavy atom. The third kappa shape index (κ3) is 7.95. The maximum absolute atomic E-state index is 13.4. The number of rotatable bonds is 10. The van der Waals surface area contributed by atoms with Crippen LogP contribution in [0.3, 0.4) is 0 Å². The number of nitro benzene ring substituents is 1. The van der Waals surface area contributed by atoms with E-state index < -0.39 is 37.2 Å². The highest BCUT2D eigenvalue weighted by molar-refractivity contribution is 8.14. The van der Waals surface area contributed by atoms with Crippen molar-refractivity contribution in [2.45, 2.75) is 89.2 Å². The number of β-lactam (4-membered cyclic amide) rings is 1. The standard InChI is InChI=1S/C29H44N4O8SSi/c1-17(24-23(25(34)30-24)18(2)41-43(8,9)29(3,4)5)27(36)42-21-14-22(26(35)31(6)7)32(15-21)28(37)40-16-19-10-12-20(13-11-19)33(38)39/h10-13,17-18,21-24H,14-16H2,1-9H3,(H,30,34)/t17-,18?,21?,22?,23?,24?/m1/s1. The zero-order valence-electron chi connectivity index (χ0n) is 26.4. The average Bonchev–Trinajstić information content (AvgIpc) is 3.32. The van der Waals surface area contributed by atoms with Gasteiger partial charge in [-0.3, -0.25) is 29.4 Å². The zero-order chi connectivity index (χ0) is 32.4.